The third-order valence-electron chi connectivity index (χ3n) is 15.8. The van der Waals surface area contributed by atoms with Crippen molar-refractivity contribution >= 4 is 56.4 Å². The monoisotopic (exact) mass is 934 g/mol. The lowest BCUT2D eigenvalue weighted by molar-refractivity contribution is -0.193. The van der Waals surface area contributed by atoms with Gasteiger partial charge in [-0.25, -0.2) is 18.2 Å². The summed E-state index contributed by atoms with van der Waals surface area (Å²) in [6, 6.07) is 13.4. The van der Waals surface area contributed by atoms with Crippen LogP contribution in [0.15, 0.2) is 53.6 Å². The second-order valence-electron chi connectivity index (χ2n) is 19.9. The molecular weight excluding hydrogens is 873 g/mol. The number of amides is 4. The van der Waals surface area contributed by atoms with Gasteiger partial charge in [-0.1, -0.05) is 18.2 Å². The van der Waals surface area contributed by atoms with Crippen LogP contribution in [0.1, 0.15) is 125 Å². The molecule has 7 aliphatic rings. The molecule has 2 saturated carbocycles. The molecule has 356 valence electrons. The maximum atomic E-state index is 14.2. The van der Waals surface area contributed by atoms with Gasteiger partial charge in [0.25, 0.3) is 0 Å². The number of benzene rings is 2. The summed E-state index contributed by atoms with van der Waals surface area (Å²) in [5.74, 6) is 1.99. The molecule has 11 rings (SSSR count). The van der Waals surface area contributed by atoms with E-state index < -0.39 is 21.5 Å². The molecule has 2 aromatic carbocycles. The molecular formula is C49H62N10O7S. The molecule has 18 heteroatoms. The molecule has 4 aromatic rings. The number of hydrogen-bond donors (Lipinski definition) is 2. The van der Waals surface area contributed by atoms with Gasteiger partial charge in [0.2, 0.25) is 27.8 Å². The Kier molecular flexibility index (Phi) is 11.8. The average molecular weight is 935 g/mol. The van der Waals surface area contributed by atoms with Crippen molar-refractivity contribution in [2.45, 2.75) is 144 Å². The van der Waals surface area contributed by atoms with Crippen molar-refractivity contribution in [3.05, 3.63) is 65.4 Å². The van der Waals surface area contributed by atoms with Gasteiger partial charge in [-0.15, -0.1) is 0 Å². The van der Waals surface area contributed by atoms with Crippen LogP contribution in [0.5, 0.6) is 0 Å². The summed E-state index contributed by atoms with van der Waals surface area (Å²) in [5.41, 5.74) is 3.59. The highest BCUT2D eigenvalue weighted by atomic mass is 32.2. The smallest absolute Gasteiger partial charge is 0.329 e. The topological polar surface area (TPSA) is 184 Å². The first-order valence-electron chi connectivity index (χ1n) is 24.6. The number of ether oxygens (including phenoxy) is 2. The summed E-state index contributed by atoms with van der Waals surface area (Å²) in [5, 5.41) is 11.4. The van der Waals surface area contributed by atoms with Crippen molar-refractivity contribution in [2.75, 3.05) is 54.4 Å². The fourth-order valence-electron chi connectivity index (χ4n) is 11.7. The molecule has 2 N–H and O–H groups in total. The van der Waals surface area contributed by atoms with Gasteiger partial charge < -0.3 is 14.8 Å². The summed E-state index contributed by atoms with van der Waals surface area (Å²) >= 11 is 0. The lowest BCUT2D eigenvalue weighted by Gasteiger charge is -2.37. The predicted molar refractivity (Wildman–Crippen MR) is 251 cm³/mol. The third kappa shape index (κ3) is 8.40. The van der Waals surface area contributed by atoms with Gasteiger partial charge in [-0.3, -0.25) is 34.3 Å². The molecule has 1 spiro atoms. The first-order valence-corrected chi connectivity index (χ1v) is 26.1. The first kappa shape index (κ1) is 44.5. The number of hydrogen-bond acceptors (Lipinski definition) is 12. The van der Waals surface area contributed by atoms with E-state index in [2.05, 4.69) is 39.7 Å². The van der Waals surface area contributed by atoms with Crippen LogP contribution >= 0.6 is 0 Å². The summed E-state index contributed by atoms with van der Waals surface area (Å²) < 4.78 is 44.0. The number of carbonyl (C=O) groups is 3. The van der Waals surface area contributed by atoms with E-state index in [1.54, 1.807) is 15.1 Å². The first-order chi connectivity index (χ1) is 32.4. The van der Waals surface area contributed by atoms with E-state index in [0.29, 0.717) is 55.1 Å². The van der Waals surface area contributed by atoms with Gasteiger partial charge >= 0.3 is 6.03 Å². The van der Waals surface area contributed by atoms with Crippen LogP contribution in [0.4, 0.5) is 22.4 Å². The van der Waals surface area contributed by atoms with Gasteiger partial charge in [-0.2, -0.15) is 14.4 Å². The van der Waals surface area contributed by atoms with Crippen molar-refractivity contribution in [1.82, 2.24) is 34.3 Å². The summed E-state index contributed by atoms with van der Waals surface area (Å²) in [6.45, 7) is 5.69. The van der Waals surface area contributed by atoms with E-state index in [1.807, 2.05) is 42.4 Å². The summed E-state index contributed by atoms with van der Waals surface area (Å²) in [4.78, 5) is 54.4. The zero-order valence-electron chi connectivity index (χ0n) is 38.6. The maximum absolute atomic E-state index is 14.2. The van der Waals surface area contributed by atoms with Gasteiger partial charge in [0.1, 0.15) is 5.82 Å². The highest BCUT2D eigenvalue weighted by Gasteiger charge is 2.61. The molecule has 5 aliphatic heterocycles. The zero-order valence-corrected chi connectivity index (χ0v) is 39.4. The number of fused-ring (bicyclic) bond motifs is 3. The number of nitrogens with zero attached hydrogens (tertiary/aromatic N) is 8. The normalized spacial score (nSPS) is 26.0. The molecule has 2 unspecified atom stereocenters. The number of urea groups is 1. The highest BCUT2D eigenvalue weighted by Crippen LogP contribution is 2.58. The largest absolute Gasteiger partial charge is 0.353 e. The fraction of sp³-hybridized carbons (Fsp3) is 0.592. The van der Waals surface area contributed by atoms with Crippen LogP contribution < -0.4 is 20.4 Å². The zero-order chi connectivity index (χ0) is 46.0. The van der Waals surface area contributed by atoms with E-state index in [0.717, 1.165) is 118 Å². The molecule has 2 aromatic heterocycles. The van der Waals surface area contributed by atoms with Gasteiger partial charge in [0, 0.05) is 75.0 Å². The van der Waals surface area contributed by atoms with Crippen LogP contribution in [0, 0.1) is 0 Å². The molecule has 7 heterocycles. The highest BCUT2D eigenvalue weighted by molar-refractivity contribution is 7.89. The Balaban J connectivity index is 0.699. The minimum absolute atomic E-state index is 0.0125. The van der Waals surface area contributed by atoms with Crippen molar-refractivity contribution in [1.29, 1.82) is 0 Å². The van der Waals surface area contributed by atoms with E-state index in [9.17, 15) is 22.8 Å². The molecule has 0 radical (unpaired) electrons. The maximum Gasteiger partial charge on any atom is 0.329 e. The number of rotatable bonds is 11. The quantitative estimate of drug-likeness (QED) is 0.173. The summed E-state index contributed by atoms with van der Waals surface area (Å²) in [6.07, 6.45) is 13.5. The van der Waals surface area contributed by atoms with Crippen molar-refractivity contribution < 1.29 is 32.3 Å². The Hall–Kier alpha value is -5.01. The minimum Gasteiger partial charge on any atom is -0.353 e. The van der Waals surface area contributed by atoms with E-state index in [1.165, 1.54) is 10.5 Å². The molecule has 4 amide bonds. The number of anilines is 3. The number of likely N-dealkylation sites (tertiary alicyclic amines) is 1. The number of sulfonamides is 1. The molecule has 67 heavy (non-hydrogen) atoms. The van der Waals surface area contributed by atoms with Crippen LogP contribution in [0.2, 0.25) is 0 Å². The Morgan fingerprint density at radius 3 is 2.49 bits per heavy atom. The average Bonchev–Trinajstić information content (AvgIpc) is 4.04. The van der Waals surface area contributed by atoms with E-state index >= 15 is 0 Å². The van der Waals surface area contributed by atoms with Crippen molar-refractivity contribution in [3.8, 4) is 0 Å². The van der Waals surface area contributed by atoms with Gasteiger partial charge in [0.05, 0.1) is 21.9 Å². The van der Waals surface area contributed by atoms with Crippen molar-refractivity contribution in [2.24, 2.45) is 7.05 Å². The summed E-state index contributed by atoms with van der Waals surface area (Å²) in [7, 11) is -1.85. The van der Waals surface area contributed by atoms with E-state index in [4.69, 9.17) is 19.4 Å². The van der Waals surface area contributed by atoms with E-state index in [-0.39, 0.29) is 48.8 Å². The molecule has 2 aliphatic carbocycles. The fourth-order valence-corrected chi connectivity index (χ4v) is 13.2. The van der Waals surface area contributed by atoms with Crippen LogP contribution in [-0.2, 0) is 41.5 Å². The predicted octanol–water partition coefficient (Wildman–Crippen LogP) is 6.25. The number of aromatic nitrogens is 4. The second kappa shape index (κ2) is 17.8. The molecule has 4 saturated heterocycles. The number of carbonyl (C=O) groups excluding carboxylic acids is 3. The third-order valence-corrected chi connectivity index (χ3v) is 17.7. The van der Waals surface area contributed by atoms with Crippen LogP contribution in [0.3, 0.4) is 0 Å². The Bertz CT molecular complexity index is 2670. The number of imide groups is 1. The van der Waals surface area contributed by atoms with Crippen molar-refractivity contribution in [3.63, 3.8) is 0 Å². The second-order valence-corrected chi connectivity index (χ2v) is 21.9. The molecule has 6 fully saturated rings. The number of nitrogens with one attached hydrogen (secondary N) is 2. The van der Waals surface area contributed by atoms with Gasteiger partial charge in [0.15, 0.2) is 12.1 Å². The molecule has 4 atom stereocenters. The lowest BCUT2D eigenvalue weighted by Crippen LogP contribution is -2.49. The number of piperidine rings is 2. The Morgan fingerprint density at radius 2 is 1.73 bits per heavy atom. The SMILES string of the molecule is CC(c1cccc(S(=O)(=O)N2CCC(Nc3ncc4c(n3)N([C@@H]3CCC[C@@H](OC5CCCCO5)C3)C(=O)C43CC3)CC2)c1)N1CCC(c2ccc3c(N4CCC(=O)NC4=O)nn(C)c3c2)CC1. The molecule has 0 bridgehead atoms. The van der Waals surface area contributed by atoms with Crippen LogP contribution in [-0.4, -0.2) is 119 Å². The standard InChI is InChI=1S/C49H62N10O7S/c1-31(56-21-14-32(15-22-56)34-12-13-39-41(28-34)55(2)54-44(39)58-25-18-42(60)52-48(58)62)33-7-5-10-38(27-33)67(63,64)57-23-16-35(17-24-57)51-47-50-30-40-45(53-47)59(46(61)49(40)19-20-49)36-8-6-9-37(29-36)66-43-11-3-4-26-65-43/h5,7,10,12-13,27-28,30-32,35-37,43H,3-4,6,8-9,11,14-26,29H2,1-2H3,(H,50,51,53)(H,52,60,62)/t31?,36-,37-,43?/m1/s1. The Labute approximate surface area is 392 Å². The Morgan fingerprint density at radius 1 is 0.910 bits per heavy atom. The van der Waals surface area contributed by atoms with Gasteiger partial charge in [-0.05, 0) is 145 Å². The minimum atomic E-state index is -3.73. The molecule has 17 nitrogen and oxygen atoms in total. The number of aryl methyl sites for hydroxylation is 1. The lowest BCUT2D eigenvalue weighted by atomic mass is 9.88. The van der Waals surface area contributed by atoms with Crippen LogP contribution in [0.25, 0.3) is 10.9 Å².